The van der Waals surface area contributed by atoms with E-state index in [9.17, 15) is 4.79 Å². The molecule has 0 spiro atoms. The molecule has 0 aromatic heterocycles. The second kappa shape index (κ2) is 4.61. The van der Waals surface area contributed by atoms with Crippen molar-refractivity contribution in [2.75, 3.05) is 0 Å². The molecule has 2 nitrogen and oxygen atoms in total. The number of hydrogen-bond acceptors (Lipinski definition) is 1. The molecule has 14 heavy (non-hydrogen) atoms. The fraction of sp³-hybridized carbons (Fsp3) is 0.250. The maximum Gasteiger partial charge on any atom is 0.217 e. The molecule has 2 heteroatoms. The summed E-state index contributed by atoms with van der Waals surface area (Å²) in [4.78, 5) is 10.6. The molecular formula is C12H15NO. The first-order valence-electron chi connectivity index (χ1n) is 4.63. The molecule has 0 radical (unpaired) electrons. The van der Waals surface area contributed by atoms with E-state index < -0.39 is 0 Å². The smallest absolute Gasteiger partial charge is 0.217 e. The maximum absolute atomic E-state index is 10.6. The molecule has 2 N–H and O–H groups in total. The van der Waals surface area contributed by atoms with Crippen molar-refractivity contribution in [1.29, 1.82) is 0 Å². The highest BCUT2D eigenvalue weighted by Crippen LogP contribution is 2.20. The molecule has 0 aliphatic rings. The third-order valence-electron chi connectivity index (χ3n) is 2.20. The van der Waals surface area contributed by atoms with Crippen molar-refractivity contribution in [3.05, 3.63) is 42.0 Å². The Balaban J connectivity index is 2.70. The van der Waals surface area contributed by atoms with Crippen LogP contribution in [0, 0.1) is 6.92 Å². The van der Waals surface area contributed by atoms with Crippen molar-refractivity contribution >= 4 is 11.5 Å². The number of carbonyl (C=O) groups is 1. The second-order valence-electron chi connectivity index (χ2n) is 3.38. The van der Waals surface area contributed by atoms with Crippen LogP contribution >= 0.6 is 0 Å². The van der Waals surface area contributed by atoms with Crippen LogP contribution in [0.25, 0.3) is 5.57 Å². The van der Waals surface area contributed by atoms with Gasteiger partial charge in [0.05, 0.1) is 0 Å². The minimum absolute atomic E-state index is 0.278. The Morgan fingerprint density at radius 1 is 1.36 bits per heavy atom. The maximum atomic E-state index is 10.6. The van der Waals surface area contributed by atoms with Gasteiger partial charge in [-0.3, -0.25) is 4.79 Å². The highest BCUT2D eigenvalue weighted by molar-refractivity contribution is 5.77. The van der Waals surface area contributed by atoms with Crippen molar-refractivity contribution in [2.45, 2.75) is 19.8 Å². The SMILES string of the molecule is C=C(CCC(N)=O)c1ccccc1C. The van der Waals surface area contributed by atoms with E-state index in [4.69, 9.17) is 5.73 Å². The summed E-state index contributed by atoms with van der Waals surface area (Å²) in [7, 11) is 0. The highest BCUT2D eigenvalue weighted by atomic mass is 16.1. The third kappa shape index (κ3) is 2.73. The van der Waals surface area contributed by atoms with Gasteiger partial charge in [0, 0.05) is 6.42 Å². The second-order valence-corrected chi connectivity index (χ2v) is 3.38. The number of nitrogens with two attached hydrogens (primary N) is 1. The summed E-state index contributed by atoms with van der Waals surface area (Å²) < 4.78 is 0. The summed E-state index contributed by atoms with van der Waals surface area (Å²) in [5.74, 6) is -0.278. The number of amides is 1. The van der Waals surface area contributed by atoms with E-state index in [1.54, 1.807) is 0 Å². The fourth-order valence-electron chi connectivity index (χ4n) is 1.38. The van der Waals surface area contributed by atoms with Crippen LogP contribution in [0.5, 0.6) is 0 Å². The molecule has 0 aliphatic heterocycles. The average molecular weight is 189 g/mol. The Morgan fingerprint density at radius 2 is 2.00 bits per heavy atom. The van der Waals surface area contributed by atoms with Crippen LogP contribution in [0.1, 0.15) is 24.0 Å². The quantitative estimate of drug-likeness (QED) is 0.775. The van der Waals surface area contributed by atoms with Gasteiger partial charge in [-0.2, -0.15) is 0 Å². The number of rotatable bonds is 4. The van der Waals surface area contributed by atoms with E-state index in [0.29, 0.717) is 12.8 Å². The summed E-state index contributed by atoms with van der Waals surface area (Å²) in [6.45, 7) is 5.98. The summed E-state index contributed by atoms with van der Waals surface area (Å²) in [5.41, 5.74) is 8.35. The molecule has 0 heterocycles. The Morgan fingerprint density at radius 3 is 2.57 bits per heavy atom. The predicted molar refractivity (Wildman–Crippen MR) is 58.6 cm³/mol. The van der Waals surface area contributed by atoms with Gasteiger partial charge in [0.2, 0.25) is 5.91 Å². The molecule has 74 valence electrons. The molecule has 1 rings (SSSR count). The van der Waals surface area contributed by atoms with Crippen LogP contribution in [0.3, 0.4) is 0 Å². The van der Waals surface area contributed by atoms with Gasteiger partial charge < -0.3 is 5.73 Å². The van der Waals surface area contributed by atoms with Gasteiger partial charge in [0.25, 0.3) is 0 Å². The Labute approximate surface area is 84.4 Å². The lowest BCUT2D eigenvalue weighted by Crippen LogP contribution is -2.09. The van der Waals surface area contributed by atoms with Crippen molar-refractivity contribution in [3.63, 3.8) is 0 Å². The monoisotopic (exact) mass is 189 g/mol. The first-order valence-corrected chi connectivity index (χ1v) is 4.63. The van der Waals surface area contributed by atoms with Crippen LogP contribution < -0.4 is 5.73 Å². The van der Waals surface area contributed by atoms with Crippen molar-refractivity contribution in [1.82, 2.24) is 0 Å². The number of allylic oxidation sites excluding steroid dienone is 1. The molecule has 0 saturated heterocycles. The molecular weight excluding hydrogens is 174 g/mol. The zero-order valence-corrected chi connectivity index (χ0v) is 8.42. The largest absolute Gasteiger partial charge is 0.370 e. The number of hydrogen-bond donors (Lipinski definition) is 1. The molecule has 0 saturated carbocycles. The van der Waals surface area contributed by atoms with E-state index in [0.717, 1.165) is 11.1 Å². The zero-order valence-electron chi connectivity index (χ0n) is 8.42. The number of aryl methyl sites for hydroxylation is 1. The number of benzene rings is 1. The Bertz CT molecular complexity index is 355. The molecule has 1 aromatic rings. The van der Waals surface area contributed by atoms with Crippen LogP contribution in [0.4, 0.5) is 0 Å². The summed E-state index contributed by atoms with van der Waals surface area (Å²) >= 11 is 0. The lowest BCUT2D eigenvalue weighted by Gasteiger charge is -2.07. The molecule has 1 amide bonds. The van der Waals surface area contributed by atoms with E-state index in [1.807, 2.05) is 31.2 Å². The minimum atomic E-state index is -0.278. The van der Waals surface area contributed by atoms with E-state index >= 15 is 0 Å². The molecule has 1 aromatic carbocycles. The minimum Gasteiger partial charge on any atom is -0.370 e. The lowest BCUT2D eigenvalue weighted by molar-refractivity contribution is -0.117. The van der Waals surface area contributed by atoms with Gasteiger partial charge >= 0.3 is 0 Å². The summed E-state index contributed by atoms with van der Waals surface area (Å²) in [6, 6.07) is 8.00. The predicted octanol–water partition coefficient (Wildman–Crippen LogP) is 2.27. The summed E-state index contributed by atoms with van der Waals surface area (Å²) in [6.07, 6.45) is 1.01. The van der Waals surface area contributed by atoms with Crippen molar-refractivity contribution in [2.24, 2.45) is 5.73 Å². The van der Waals surface area contributed by atoms with Gasteiger partial charge in [-0.15, -0.1) is 0 Å². The van der Waals surface area contributed by atoms with Gasteiger partial charge in [0.15, 0.2) is 0 Å². The molecule has 0 aliphatic carbocycles. The third-order valence-corrected chi connectivity index (χ3v) is 2.20. The van der Waals surface area contributed by atoms with E-state index in [1.165, 1.54) is 5.56 Å². The summed E-state index contributed by atoms with van der Waals surface area (Å²) in [5, 5.41) is 0. The molecule has 0 atom stereocenters. The first-order chi connectivity index (χ1) is 6.61. The van der Waals surface area contributed by atoms with Gasteiger partial charge in [-0.25, -0.2) is 0 Å². The zero-order chi connectivity index (χ0) is 10.6. The standard InChI is InChI=1S/C12H15NO/c1-9-5-3-4-6-11(9)10(2)7-8-12(13)14/h3-6H,2,7-8H2,1H3,(H2,13,14). The highest BCUT2D eigenvalue weighted by Gasteiger charge is 2.03. The molecule has 0 bridgehead atoms. The van der Waals surface area contributed by atoms with E-state index in [-0.39, 0.29) is 5.91 Å². The van der Waals surface area contributed by atoms with Gasteiger partial charge in [-0.1, -0.05) is 30.8 Å². The molecule has 0 fully saturated rings. The average Bonchev–Trinajstić information content (AvgIpc) is 2.15. The van der Waals surface area contributed by atoms with Crippen LogP contribution in [-0.2, 0) is 4.79 Å². The lowest BCUT2D eigenvalue weighted by atomic mass is 9.98. The van der Waals surface area contributed by atoms with E-state index in [2.05, 4.69) is 6.58 Å². The Kier molecular flexibility index (Phi) is 3.46. The van der Waals surface area contributed by atoms with Gasteiger partial charge in [0.1, 0.15) is 0 Å². The number of carbonyl (C=O) groups excluding carboxylic acids is 1. The fourth-order valence-corrected chi connectivity index (χ4v) is 1.38. The van der Waals surface area contributed by atoms with Gasteiger partial charge in [-0.05, 0) is 30.0 Å². The molecule has 0 unspecified atom stereocenters. The Hall–Kier alpha value is -1.57. The van der Waals surface area contributed by atoms with Crippen LogP contribution in [-0.4, -0.2) is 5.91 Å². The van der Waals surface area contributed by atoms with Crippen molar-refractivity contribution < 1.29 is 4.79 Å². The normalized spacial score (nSPS) is 9.79. The first kappa shape index (κ1) is 10.5. The van der Waals surface area contributed by atoms with Crippen LogP contribution in [0.2, 0.25) is 0 Å². The number of primary amides is 1. The van der Waals surface area contributed by atoms with Crippen molar-refractivity contribution in [3.8, 4) is 0 Å². The van der Waals surface area contributed by atoms with Crippen LogP contribution in [0.15, 0.2) is 30.8 Å². The topological polar surface area (TPSA) is 43.1 Å².